The summed E-state index contributed by atoms with van der Waals surface area (Å²) < 4.78 is 0. The molecule has 2 aliphatic carbocycles. The van der Waals surface area contributed by atoms with E-state index in [0.717, 1.165) is 5.92 Å². The maximum absolute atomic E-state index is 3.87. The van der Waals surface area contributed by atoms with Crippen molar-refractivity contribution in [3.8, 4) is 0 Å². The van der Waals surface area contributed by atoms with Crippen LogP contribution < -0.4 is 5.32 Å². The molecule has 2 aliphatic rings. The van der Waals surface area contributed by atoms with E-state index in [1.807, 2.05) is 0 Å². The fourth-order valence-corrected chi connectivity index (χ4v) is 3.77. The van der Waals surface area contributed by atoms with Gasteiger partial charge in [-0.2, -0.15) is 0 Å². The summed E-state index contributed by atoms with van der Waals surface area (Å²) in [6.07, 6.45) is 12.2. The van der Waals surface area contributed by atoms with E-state index in [1.165, 1.54) is 63.5 Å². The van der Waals surface area contributed by atoms with Crippen LogP contribution in [0.15, 0.2) is 18.2 Å². The third kappa shape index (κ3) is 3.13. The van der Waals surface area contributed by atoms with Gasteiger partial charge in [0.1, 0.15) is 0 Å². The number of hydrogen-bond donors (Lipinski definition) is 1. The van der Waals surface area contributed by atoms with E-state index in [0.29, 0.717) is 6.04 Å². The highest BCUT2D eigenvalue weighted by Crippen LogP contribution is 2.30. The highest BCUT2D eigenvalue weighted by molar-refractivity contribution is 5.56. The molecule has 1 aromatic carbocycles. The highest BCUT2D eigenvalue weighted by Gasteiger charge is 2.18. The molecule has 0 amide bonds. The Labute approximate surface area is 117 Å². The predicted octanol–water partition coefficient (Wildman–Crippen LogP) is 4.95. The van der Waals surface area contributed by atoms with Crippen LogP contribution in [-0.2, 0) is 12.8 Å². The Hall–Kier alpha value is -0.980. The van der Waals surface area contributed by atoms with Crippen LogP contribution in [0, 0.1) is 5.92 Å². The van der Waals surface area contributed by atoms with Crippen LogP contribution in [0.3, 0.4) is 0 Å². The Morgan fingerprint density at radius 2 is 1.84 bits per heavy atom. The number of nitrogens with one attached hydrogen (secondary N) is 1. The summed E-state index contributed by atoms with van der Waals surface area (Å²) in [6, 6.07) is 7.58. The Balaban J connectivity index is 1.72. The van der Waals surface area contributed by atoms with Crippen LogP contribution in [0.25, 0.3) is 0 Å². The molecule has 1 nitrogen and oxygen atoms in total. The molecule has 1 saturated carbocycles. The van der Waals surface area contributed by atoms with Gasteiger partial charge in [-0.25, -0.2) is 0 Å². The monoisotopic (exact) mass is 257 g/mol. The molecule has 1 heteroatoms. The van der Waals surface area contributed by atoms with E-state index >= 15 is 0 Å². The van der Waals surface area contributed by atoms with Crippen molar-refractivity contribution in [3.05, 3.63) is 29.3 Å². The van der Waals surface area contributed by atoms with Crippen molar-refractivity contribution in [2.45, 2.75) is 70.8 Å². The lowest BCUT2D eigenvalue weighted by molar-refractivity contribution is 0.502. The topological polar surface area (TPSA) is 12.0 Å². The molecule has 1 fully saturated rings. The first-order valence-electron chi connectivity index (χ1n) is 8.20. The van der Waals surface area contributed by atoms with Gasteiger partial charge in [0.2, 0.25) is 0 Å². The van der Waals surface area contributed by atoms with Gasteiger partial charge in [0.25, 0.3) is 0 Å². The van der Waals surface area contributed by atoms with Gasteiger partial charge >= 0.3 is 0 Å². The van der Waals surface area contributed by atoms with Crippen molar-refractivity contribution >= 4 is 5.69 Å². The number of anilines is 1. The Morgan fingerprint density at radius 1 is 0.947 bits per heavy atom. The summed E-state index contributed by atoms with van der Waals surface area (Å²) in [7, 11) is 0. The molecule has 0 aromatic heterocycles. The Morgan fingerprint density at radius 3 is 2.79 bits per heavy atom. The third-order valence-electron chi connectivity index (χ3n) is 5.01. The van der Waals surface area contributed by atoms with E-state index in [4.69, 9.17) is 0 Å². The normalized spacial score (nSPS) is 27.4. The van der Waals surface area contributed by atoms with Crippen molar-refractivity contribution in [3.63, 3.8) is 0 Å². The average molecular weight is 257 g/mol. The standard InChI is InChI=1S/C18H27N/c1-14-6-4-9-16(13-12-14)19-18-11-5-8-15-7-2-3-10-17(15)18/h5,8,11,14,16,19H,2-4,6-7,9-10,12-13H2,1H3. The summed E-state index contributed by atoms with van der Waals surface area (Å²) >= 11 is 0. The van der Waals surface area contributed by atoms with Crippen LogP contribution in [0.5, 0.6) is 0 Å². The van der Waals surface area contributed by atoms with Crippen molar-refractivity contribution in [1.82, 2.24) is 0 Å². The van der Waals surface area contributed by atoms with Crippen molar-refractivity contribution in [1.29, 1.82) is 0 Å². The van der Waals surface area contributed by atoms with Crippen LogP contribution in [0.2, 0.25) is 0 Å². The molecule has 0 saturated heterocycles. The predicted molar refractivity (Wildman–Crippen MR) is 82.7 cm³/mol. The number of aryl methyl sites for hydroxylation is 1. The lowest BCUT2D eigenvalue weighted by Gasteiger charge is -2.24. The molecule has 104 valence electrons. The largest absolute Gasteiger partial charge is 0.382 e. The zero-order valence-electron chi connectivity index (χ0n) is 12.3. The number of benzene rings is 1. The lowest BCUT2D eigenvalue weighted by atomic mass is 9.90. The van der Waals surface area contributed by atoms with Crippen LogP contribution in [-0.4, -0.2) is 6.04 Å². The van der Waals surface area contributed by atoms with Gasteiger partial charge in [0.05, 0.1) is 0 Å². The molecule has 19 heavy (non-hydrogen) atoms. The van der Waals surface area contributed by atoms with Gasteiger partial charge in [-0.1, -0.05) is 31.9 Å². The first-order chi connectivity index (χ1) is 9.33. The fourth-order valence-electron chi connectivity index (χ4n) is 3.77. The molecule has 1 N–H and O–H groups in total. The van der Waals surface area contributed by atoms with Crippen LogP contribution >= 0.6 is 0 Å². The number of fused-ring (bicyclic) bond motifs is 1. The van der Waals surface area contributed by atoms with Gasteiger partial charge < -0.3 is 5.32 Å². The van der Waals surface area contributed by atoms with Gasteiger partial charge in [-0.05, 0) is 68.1 Å². The smallest absolute Gasteiger partial charge is 0.0377 e. The van der Waals surface area contributed by atoms with E-state index < -0.39 is 0 Å². The maximum Gasteiger partial charge on any atom is 0.0377 e. The second-order valence-electron chi connectivity index (χ2n) is 6.61. The molecular weight excluding hydrogens is 230 g/mol. The first-order valence-corrected chi connectivity index (χ1v) is 8.20. The average Bonchev–Trinajstić information content (AvgIpc) is 2.64. The molecule has 3 rings (SSSR count). The Kier molecular flexibility index (Phi) is 4.10. The Bertz CT molecular complexity index is 424. The van der Waals surface area contributed by atoms with E-state index in [-0.39, 0.29) is 0 Å². The van der Waals surface area contributed by atoms with E-state index in [9.17, 15) is 0 Å². The third-order valence-corrected chi connectivity index (χ3v) is 5.01. The molecule has 0 radical (unpaired) electrons. The van der Waals surface area contributed by atoms with E-state index in [2.05, 4.69) is 30.4 Å². The van der Waals surface area contributed by atoms with Crippen molar-refractivity contribution in [2.24, 2.45) is 5.92 Å². The minimum atomic E-state index is 0.707. The molecule has 2 atom stereocenters. The van der Waals surface area contributed by atoms with Gasteiger partial charge in [-0.15, -0.1) is 0 Å². The second-order valence-corrected chi connectivity index (χ2v) is 6.61. The molecule has 1 aromatic rings. The number of hydrogen-bond acceptors (Lipinski definition) is 1. The fraction of sp³-hybridized carbons (Fsp3) is 0.667. The first kappa shape index (κ1) is 13.0. The maximum atomic E-state index is 3.87. The molecule has 0 bridgehead atoms. The summed E-state index contributed by atoms with van der Waals surface area (Å²) in [6.45, 7) is 2.41. The van der Waals surface area contributed by atoms with Gasteiger partial charge in [0.15, 0.2) is 0 Å². The quantitative estimate of drug-likeness (QED) is 0.739. The van der Waals surface area contributed by atoms with Crippen LogP contribution in [0.1, 0.15) is 63.0 Å². The van der Waals surface area contributed by atoms with E-state index in [1.54, 1.807) is 11.1 Å². The van der Waals surface area contributed by atoms with Gasteiger partial charge in [0, 0.05) is 11.7 Å². The van der Waals surface area contributed by atoms with Crippen molar-refractivity contribution < 1.29 is 0 Å². The summed E-state index contributed by atoms with van der Waals surface area (Å²) in [5.74, 6) is 0.927. The zero-order valence-corrected chi connectivity index (χ0v) is 12.3. The zero-order chi connectivity index (χ0) is 13.1. The SMILES string of the molecule is CC1CCCC(Nc2cccc3c2CCCC3)CC1. The van der Waals surface area contributed by atoms with Crippen molar-refractivity contribution in [2.75, 3.05) is 5.32 Å². The molecule has 0 heterocycles. The summed E-state index contributed by atoms with van der Waals surface area (Å²) in [5, 5.41) is 3.87. The highest BCUT2D eigenvalue weighted by atomic mass is 14.9. The summed E-state index contributed by atoms with van der Waals surface area (Å²) in [4.78, 5) is 0. The minimum absolute atomic E-state index is 0.707. The molecular formula is C18H27N. The lowest BCUT2D eigenvalue weighted by Crippen LogP contribution is -2.20. The van der Waals surface area contributed by atoms with Gasteiger partial charge in [-0.3, -0.25) is 0 Å². The van der Waals surface area contributed by atoms with Crippen LogP contribution in [0.4, 0.5) is 5.69 Å². The second kappa shape index (κ2) is 5.98. The molecule has 2 unspecified atom stereocenters. The summed E-state index contributed by atoms with van der Waals surface area (Å²) in [5.41, 5.74) is 4.65. The number of rotatable bonds is 2. The minimum Gasteiger partial charge on any atom is -0.382 e. The molecule has 0 aliphatic heterocycles. The molecule has 0 spiro atoms.